The molecule has 0 aliphatic carbocycles. The number of rotatable bonds is 4. The normalized spacial score (nSPS) is 14.6. The number of benzene rings is 2. The van der Waals surface area contributed by atoms with Crippen LogP contribution in [0.1, 0.15) is 16.1 Å². The fourth-order valence-corrected chi connectivity index (χ4v) is 4.27. The van der Waals surface area contributed by atoms with Crippen LogP contribution in [-0.4, -0.2) is 58.8 Å². The van der Waals surface area contributed by atoms with E-state index < -0.39 is 0 Å². The number of nitrogens with one attached hydrogen (secondary N) is 1. The lowest BCUT2D eigenvalue weighted by atomic mass is 10.0. The summed E-state index contributed by atoms with van der Waals surface area (Å²) in [6, 6.07) is 17.7. The molecule has 1 fully saturated rings. The average molecular weight is 441 g/mol. The number of piperazine rings is 1. The molecule has 1 N–H and O–H groups in total. The molecule has 0 unspecified atom stereocenters. The highest BCUT2D eigenvalue weighted by Crippen LogP contribution is 2.28. The number of nitrogens with zero attached hydrogens (tertiary/aromatic N) is 5. The molecule has 7 heteroatoms. The van der Waals surface area contributed by atoms with Crippen LogP contribution in [0.3, 0.4) is 0 Å². The number of likely N-dealkylation sites (N-methyl/N-ethyl adjacent to an activating group) is 1. The van der Waals surface area contributed by atoms with Gasteiger partial charge in [0.05, 0.1) is 23.0 Å². The van der Waals surface area contributed by atoms with Gasteiger partial charge in [0.2, 0.25) is 0 Å². The van der Waals surface area contributed by atoms with Gasteiger partial charge < -0.3 is 15.1 Å². The first-order chi connectivity index (χ1) is 16.0. The van der Waals surface area contributed by atoms with Crippen molar-refractivity contribution in [2.75, 3.05) is 43.4 Å². The quantitative estimate of drug-likeness (QED) is 0.521. The highest BCUT2D eigenvalue weighted by atomic mass is 16.1. The largest absolute Gasteiger partial charge is 0.369 e. The van der Waals surface area contributed by atoms with Crippen molar-refractivity contribution in [3.63, 3.8) is 0 Å². The molecule has 1 aliphatic rings. The monoisotopic (exact) mass is 440 g/mol. The lowest BCUT2D eigenvalue weighted by molar-refractivity contribution is 0.102. The molecule has 2 aromatic carbocycles. The topological polar surface area (TPSA) is 66.3 Å². The van der Waals surface area contributed by atoms with Gasteiger partial charge in [0, 0.05) is 61.2 Å². The fraction of sp³-hybridized carbons (Fsp3) is 0.269. The van der Waals surface area contributed by atoms with Gasteiger partial charge in [0.1, 0.15) is 0 Å². The Labute approximate surface area is 193 Å². The number of carbonyl (C=O) groups is 1. The van der Waals surface area contributed by atoms with Crippen LogP contribution >= 0.6 is 0 Å². The second-order valence-corrected chi connectivity index (χ2v) is 8.63. The molecule has 1 amide bonds. The number of hydrogen-bond acceptors (Lipinski definition) is 5. The number of hydrogen-bond donors (Lipinski definition) is 1. The van der Waals surface area contributed by atoms with E-state index in [9.17, 15) is 4.79 Å². The van der Waals surface area contributed by atoms with Crippen LogP contribution in [0.2, 0.25) is 0 Å². The second-order valence-electron chi connectivity index (χ2n) is 8.63. The SMILES string of the molecule is Cc1c(-c2cc(C(=O)Nc3ccc(N4CCN(C)CC4)cc3)c3ccccc3n2)cnn1C. The van der Waals surface area contributed by atoms with E-state index in [1.165, 1.54) is 5.69 Å². The molecular formula is C26H28N6O. The molecule has 0 atom stereocenters. The van der Waals surface area contributed by atoms with Crippen LogP contribution in [0.15, 0.2) is 60.8 Å². The highest BCUT2D eigenvalue weighted by molar-refractivity contribution is 6.13. The predicted octanol–water partition coefficient (Wildman–Crippen LogP) is 3.95. The maximum absolute atomic E-state index is 13.3. The number of anilines is 2. The highest BCUT2D eigenvalue weighted by Gasteiger charge is 2.17. The predicted molar refractivity (Wildman–Crippen MR) is 133 cm³/mol. The summed E-state index contributed by atoms with van der Waals surface area (Å²) in [7, 11) is 4.05. The van der Waals surface area contributed by atoms with Gasteiger partial charge in [0.25, 0.3) is 5.91 Å². The Kier molecular flexibility index (Phi) is 5.56. The van der Waals surface area contributed by atoms with Gasteiger partial charge in [-0.2, -0.15) is 5.10 Å². The minimum Gasteiger partial charge on any atom is -0.369 e. The van der Waals surface area contributed by atoms with E-state index in [1.807, 2.05) is 61.1 Å². The molecule has 1 saturated heterocycles. The molecule has 1 aliphatic heterocycles. The van der Waals surface area contributed by atoms with Gasteiger partial charge in [0.15, 0.2) is 0 Å². The van der Waals surface area contributed by atoms with Crippen molar-refractivity contribution in [2.24, 2.45) is 7.05 Å². The molecule has 168 valence electrons. The van der Waals surface area contributed by atoms with Crippen LogP contribution in [0.5, 0.6) is 0 Å². The third kappa shape index (κ3) is 4.19. The zero-order valence-corrected chi connectivity index (χ0v) is 19.2. The third-order valence-corrected chi connectivity index (χ3v) is 6.47. The first kappa shape index (κ1) is 21.2. The Morgan fingerprint density at radius 2 is 1.70 bits per heavy atom. The summed E-state index contributed by atoms with van der Waals surface area (Å²) < 4.78 is 1.81. The number of amides is 1. The van der Waals surface area contributed by atoms with E-state index in [0.29, 0.717) is 5.56 Å². The van der Waals surface area contributed by atoms with Crippen molar-refractivity contribution in [1.29, 1.82) is 0 Å². The molecule has 0 saturated carbocycles. The molecule has 0 radical (unpaired) electrons. The molecule has 2 aromatic heterocycles. The maximum atomic E-state index is 13.3. The number of fused-ring (bicyclic) bond motifs is 1. The number of carbonyl (C=O) groups excluding carboxylic acids is 1. The van der Waals surface area contributed by atoms with Crippen LogP contribution in [0, 0.1) is 6.92 Å². The number of aromatic nitrogens is 3. The smallest absolute Gasteiger partial charge is 0.256 e. The van der Waals surface area contributed by atoms with Gasteiger partial charge in [-0.25, -0.2) is 4.98 Å². The van der Waals surface area contributed by atoms with E-state index >= 15 is 0 Å². The van der Waals surface area contributed by atoms with E-state index in [1.54, 1.807) is 6.20 Å². The summed E-state index contributed by atoms with van der Waals surface area (Å²) in [4.78, 5) is 22.9. The first-order valence-electron chi connectivity index (χ1n) is 11.2. The Bertz CT molecular complexity index is 1300. The molecule has 0 bridgehead atoms. The van der Waals surface area contributed by atoms with Crippen LogP contribution in [0.4, 0.5) is 11.4 Å². The van der Waals surface area contributed by atoms with Crippen LogP contribution in [0.25, 0.3) is 22.2 Å². The van der Waals surface area contributed by atoms with Gasteiger partial charge in [-0.1, -0.05) is 18.2 Å². The minimum absolute atomic E-state index is 0.149. The number of pyridine rings is 1. The van der Waals surface area contributed by atoms with Gasteiger partial charge in [-0.15, -0.1) is 0 Å². The molecule has 5 rings (SSSR count). The van der Waals surface area contributed by atoms with E-state index in [0.717, 1.165) is 59.7 Å². The van der Waals surface area contributed by atoms with E-state index in [2.05, 4.69) is 39.4 Å². The number of aryl methyl sites for hydroxylation is 1. The summed E-state index contributed by atoms with van der Waals surface area (Å²) >= 11 is 0. The molecular weight excluding hydrogens is 412 g/mol. The molecule has 7 nitrogen and oxygen atoms in total. The van der Waals surface area contributed by atoms with Crippen molar-refractivity contribution in [3.8, 4) is 11.3 Å². The van der Waals surface area contributed by atoms with Gasteiger partial charge in [-0.05, 0) is 50.4 Å². The van der Waals surface area contributed by atoms with Crippen molar-refractivity contribution in [2.45, 2.75) is 6.92 Å². The average Bonchev–Trinajstić information content (AvgIpc) is 3.17. The van der Waals surface area contributed by atoms with Crippen LogP contribution in [-0.2, 0) is 7.05 Å². The Balaban J connectivity index is 1.43. The summed E-state index contributed by atoms with van der Waals surface area (Å²) in [6.07, 6.45) is 1.80. The lowest BCUT2D eigenvalue weighted by Crippen LogP contribution is -2.44. The second kappa shape index (κ2) is 8.67. The molecule has 3 heterocycles. The fourth-order valence-electron chi connectivity index (χ4n) is 4.27. The van der Waals surface area contributed by atoms with Gasteiger partial charge >= 0.3 is 0 Å². The Morgan fingerprint density at radius 1 is 0.970 bits per heavy atom. The van der Waals surface area contributed by atoms with Crippen molar-refractivity contribution in [1.82, 2.24) is 19.7 Å². The first-order valence-corrected chi connectivity index (χ1v) is 11.2. The van der Waals surface area contributed by atoms with Crippen molar-refractivity contribution < 1.29 is 4.79 Å². The molecule has 0 spiro atoms. The maximum Gasteiger partial charge on any atom is 0.256 e. The Hall–Kier alpha value is -3.71. The zero-order chi connectivity index (χ0) is 22.9. The number of para-hydroxylation sites is 1. The summed E-state index contributed by atoms with van der Waals surface area (Å²) in [6.45, 7) is 6.16. The lowest BCUT2D eigenvalue weighted by Gasteiger charge is -2.34. The van der Waals surface area contributed by atoms with Crippen molar-refractivity contribution in [3.05, 3.63) is 72.1 Å². The van der Waals surface area contributed by atoms with Crippen molar-refractivity contribution >= 4 is 28.2 Å². The molecule has 33 heavy (non-hydrogen) atoms. The third-order valence-electron chi connectivity index (χ3n) is 6.47. The summed E-state index contributed by atoms with van der Waals surface area (Å²) in [5, 5.41) is 8.24. The summed E-state index contributed by atoms with van der Waals surface area (Å²) in [5.41, 5.74) is 6.02. The van der Waals surface area contributed by atoms with E-state index in [4.69, 9.17) is 4.98 Å². The minimum atomic E-state index is -0.149. The van der Waals surface area contributed by atoms with Crippen LogP contribution < -0.4 is 10.2 Å². The zero-order valence-electron chi connectivity index (χ0n) is 19.2. The Morgan fingerprint density at radius 3 is 2.39 bits per heavy atom. The summed E-state index contributed by atoms with van der Waals surface area (Å²) in [5.74, 6) is -0.149. The molecule has 4 aromatic rings. The standard InChI is InChI=1S/C26H28N6O/c1-18-23(17-27-31(18)3)25-16-22(21-6-4-5-7-24(21)29-25)26(33)28-19-8-10-20(11-9-19)32-14-12-30(2)13-15-32/h4-11,16-17H,12-15H2,1-3H3,(H,28,33). The van der Waals surface area contributed by atoms with Gasteiger partial charge in [-0.3, -0.25) is 9.48 Å². The van der Waals surface area contributed by atoms with E-state index in [-0.39, 0.29) is 5.91 Å².